The summed E-state index contributed by atoms with van der Waals surface area (Å²) < 4.78 is 0. The molecule has 0 saturated carbocycles. The van der Waals surface area contributed by atoms with Gasteiger partial charge in [0.2, 0.25) is 0 Å². The van der Waals surface area contributed by atoms with E-state index in [0.29, 0.717) is 0 Å². The molecule has 0 unspecified atom stereocenters. The molecule has 0 radical (unpaired) electrons. The number of hydrogen-bond donors (Lipinski definition) is 0. The van der Waals surface area contributed by atoms with Gasteiger partial charge in [-0.2, -0.15) is 0 Å². The molecule has 6 aromatic carbocycles. The van der Waals surface area contributed by atoms with Crippen LogP contribution in [-0.4, -0.2) is 0 Å². The third-order valence-corrected chi connectivity index (χ3v) is 6.91. The van der Waals surface area contributed by atoms with E-state index in [9.17, 15) is 0 Å². The van der Waals surface area contributed by atoms with Crippen LogP contribution in [0.1, 0.15) is 11.1 Å². The maximum atomic E-state index is 2.40. The average molecular weight is 450 g/mol. The molecule has 0 fully saturated rings. The first-order chi connectivity index (χ1) is 17.2. The van der Waals surface area contributed by atoms with Gasteiger partial charge in [0.1, 0.15) is 0 Å². The van der Waals surface area contributed by atoms with Gasteiger partial charge in [-0.15, -0.1) is 0 Å². The van der Waals surface area contributed by atoms with E-state index in [0.717, 1.165) is 5.69 Å². The Morgan fingerprint density at radius 2 is 1.17 bits per heavy atom. The van der Waals surface area contributed by atoms with Gasteiger partial charge < -0.3 is 4.90 Å². The van der Waals surface area contributed by atoms with Crippen LogP contribution in [0.4, 0.5) is 17.1 Å². The second-order valence-corrected chi connectivity index (χ2v) is 9.15. The van der Waals surface area contributed by atoms with Crippen molar-refractivity contribution in [1.82, 2.24) is 0 Å². The predicted octanol–water partition coefficient (Wildman–Crippen LogP) is 9.75. The van der Waals surface area contributed by atoms with Gasteiger partial charge in [-0.3, -0.25) is 0 Å². The number of fused-ring (bicyclic) bond motifs is 2. The van der Waals surface area contributed by atoms with Gasteiger partial charge in [0.05, 0.1) is 5.69 Å². The van der Waals surface area contributed by atoms with Crippen molar-refractivity contribution in [2.24, 2.45) is 0 Å². The van der Waals surface area contributed by atoms with Gasteiger partial charge in [-0.1, -0.05) is 97.1 Å². The van der Waals surface area contributed by atoms with Gasteiger partial charge in [0.25, 0.3) is 0 Å². The summed E-state index contributed by atoms with van der Waals surface area (Å²) in [4.78, 5) is 2.40. The van der Waals surface area contributed by atoms with Crippen LogP contribution in [0.5, 0.6) is 0 Å². The topological polar surface area (TPSA) is 3.24 Å². The maximum absolute atomic E-state index is 2.40. The quantitative estimate of drug-likeness (QED) is 0.259. The first-order valence-electron chi connectivity index (χ1n) is 12.1. The standard InChI is InChI=1S/C34H27N/c1-24-12-10-17-31-30(24)21-22-33(34(31)28-20-19-26-13-7-8-14-27(26)23-28)35(29-15-4-3-5-16-29)32-18-9-6-11-25(32)2/h3-23H,1-2H3. The lowest BCUT2D eigenvalue weighted by molar-refractivity contribution is 1.25. The van der Waals surface area contributed by atoms with Crippen molar-refractivity contribution < 1.29 is 0 Å². The van der Waals surface area contributed by atoms with Crippen LogP contribution in [0.3, 0.4) is 0 Å². The summed E-state index contributed by atoms with van der Waals surface area (Å²) in [5, 5.41) is 5.07. The molecule has 6 rings (SSSR count). The number of para-hydroxylation sites is 2. The zero-order valence-electron chi connectivity index (χ0n) is 20.1. The predicted molar refractivity (Wildman–Crippen MR) is 151 cm³/mol. The van der Waals surface area contributed by atoms with E-state index in [4.69, 9.17) is 0 Å². The third kappa shape index (κ3) is 3.76. The SMILES string of the molecule is Cc1ccccc1N(c1ccccc1)c1ccc2c(C)cccc2c1-c1ccc2ccccc2c1. The van der Waals surface area contributed by atoms with Crippen molar-refractivity contribution in [3.05, 3.63) is 139 Å². The minimum absolute atomic E-state index is 1.15. The molecule has 0 spiro atoms. The summed E-state index contributed by atoms with van der Waals surface area (Å²) in [6, 6.07) is 45.9. The van der Waals surface area contributed by atoms with Crippen LogP contribution in [0.2, 0.25) is 0 Å². The minimum atomic E-state index is 1.15. The van der Waals surface area contributed by atoms with Crippen molar-refractivity contribution in [3.63, 3.8) is 0 Å². The van der Waals surface area contributed by atoms with Gasteiger partial charge in [-0.25, -0.2) is 0 Å². The van der Waals surface area contributed by atoms with E-state index < -0.39 is 0 Å². The highest BCUT2D eigenvalue weighted by molar-refractivity contribution is 6.07. The molecule has 1 heteroatoms. The summed E-state index contributed by atoms with van der Waals surface area (Å²) in [5.74, 6) is 0. The largest absolute Gasteiger partial charge is 0.310 e. The molecule has 0 saturated heterocycles. The highest BCUT2D eigenvalue weighted by atomic mass is 15.1. The Hall–Kier alpha value is -4.36. The maximum Gasteiger partial charge on any atom is 0.0546 e. The highest BCUT2D eigenvalue weighted by Gasteiger charge is 2.20. The first kappa shape index (κ1) is 21.2. The lowest BCUT2D eigenvalue weighted by atomic mass is 9.92. The Bertz CT molecular complexity index is 1660. The zero-order chi connectivity index (χ0) is 23.8. The van der Waals surface area contributed by atoms with Gasteiger partial charge in [0.15, 0.2) is 0 Å². The van der Waals surface area contributed by atoms with E-state index in [1.165, 1.54) is 55.2 Å². The number of anilines is 3. The van der Waals surface area contributed by atoms with Crippen LogP contribution in [0.15, 0.2) is 127 Å². The van der Waals surface area contributed by atoms with Crippen LogP contribution in [0, 0.1) is 13.8 Å². The number of aryl methyl sites for hydroxylation is 2. The molecule has 0 heterocycles. The van der Waals surface area contributed by atoms with E-state index >= 15 is 0 Å². The molecular weight excluding hydrogens is 422 g/mol. The van der Waals surface area contributed by atoms with E-state index in [-0.39, 0.29) is 0 Å². The summed E-state index contributed by atoms with van der Waals surface area (Å²) in [5.41, 5.74) is 8.53. The molecule has 0 aliphatic carbocycles. The van der Waals surface area contributed by atoms with Crippen LogP contribution >= 0.6 is 0 Å². The minimum Gasteiger partial charge on any atom is -0.310 e. The molecule has 0 N–H and O–H groups in total. The fourth-order valence-electron chi connectivity index (χ4n) is 5.14. The number of benzene rings is 6. The second kappa shape index (κ2) is 8.77. The van der Waals surface area contributed by atoms with Crippen LogP contribution in [-0.2, 0) is 0 Å². The molecule has 0 bridgehead atoms. The number of rotatable bonds is 4. The molecule has 1 nitrogen and oxygen atoms in total. The lowest BCUT2D eigenvalue weighted by Crippen LogP contribution is -2.12. The van der Waals surface area contributed by atoms with E-state index in [2.05, 4.69) is 146 Å². The van der Waals surface area contributed by atoms with Crippen molar-refractivity contribution in [3.8, 4) is 11.1 Å². The van der Waals surface area contributed by atoms with Crippen molar-refractivity contribution in [2.75, 3.05) is 4.90 Å². The molecule has 0 aromatic heterocycles. The van der Waals surface area contributed by atoms with E-state index in [1.54, 1.807) is 0 Å². The Kier molecular flexibility index (Phi) is 5.31. The number of hydrogen-bond acceptors (Lipinski definition) is 1. The molecule has 35 heavy (non-hydrogen) atoms. The molecular formula is C34H27N. The van der Waals surface area contributed by atoms with Gasteiger partial charge in [0, 0.05) is 16.9 Å². The van der Waals surface area contributed by atoms with Gasteiger partial charge >= 0.3 is 0 Å². The smallest absolute Gasteiger partial charge is 0.0546 e. The van der Waals surface area contributed by atoms with Crippen molar-refractivity contribution in [2.45, 2.75) is 13.8 Å². The fourth-order valence-corrected chi connectivity index (χ4v) is 5.14. The molecule has 0 atom stereocenters. The molecule has 0 aliphatic heterocycles. The first-order valence-corrected chi connectivity index (χ1v) is 12.1. The molecule has 6 aromatic rings. The van der Waals surface area contributed by atoms with Crippen molar-refractivity contribution in [1.29, 1.82) is 0 Å². The Morgan fingerprint density at radius 1 is 0.457 bits per heavy atom. The molecule has 0 amide bonds. The normalized spacial score (nSPS) is 11.1. The Balaban J connectivity index is 1.72. The fraction of sp³-hybridized carbons (Fsp3) is 0.0588. The number of nitrogens with zero attached hydrogens (tertiary/aromatic N) is 1. The third-order valence-electron chi connectivity index (χ3n) is 6.91. The second-order valence-electron chi connectivity index (χ2n) is 9.15. The van der Waals surface area contributed by atoms with Crippen LogP contribution in [0.25, 0.3) is 32.7 Å². The lowest BCUT2D eigenvalue weighted by Gasteiger charge is -2.30. The van der Waals surface area contributed by atoms with E-state index in [1.807, 2.05) is 0 Å². The summed E-state index contributed by atoms with van der Waals surface area (Å²) in [6.07, 6.45) is 0. The highest BCUT2D eigenvalue weighted by Crippen LogP contribution is 2.45. The average Bonchev–Trinajstić information content (AvgIpc) is 2.90. The Labute approximate surface area is 206 Å². The Morgan fingerprint density at radius 3 is 2.00 bits per heavy atom. The summed E-state index contributed by atoms with van der Waals surface area (Å²) in [6.45, 7) is 4.38. The summed E-state index contributed by atoms with van der Waals surface area (Å²) in [7, 11) is 0. The molecule has 168 valence electrons. The zero-order valence-corrected chi connectivity index (χ0v) is 20.1. The van der Waals surface area contributed by atoms with Crippen LogP contribution < -0.4 is 4.90 Å². The van der Waals surface area contributed by atoms with Crippen molar-refractivity contribution >= 4 is 38.6 Å². The van der Waals surface area contributed by atoms with Gasteiger partial charge in [-0.05, 0) is 82.4 Å². The molecule has 0 aliphatic rings. The monoisotopic (exact) mass is 449 g/mol. The summed E-state index contributed by atoms with van der Waals surface area (Å²) >= 11 is 0.